The highest BCUT2D eigenvalue weighted by Gasteiger charge is 2.14. The maximum atomic E-state index is 5.26. The van der Waals surface area contributed by atoms with Crippen LogP contribution in [-0.2, 0) is 20.1 Å². The summed E-state index contributed by atoms with van der Waals surface area (Å²) in [6.07, 6.45) is 1.90. The second kappa shape index (κ2) is 11.4. The first-order valence-electron chi connectivity index (χ1n) is 10.1. The second-order valence-electron chi connectivity index (χ2n) is 7.19. The van der Waals surface area contributed by atoms with Crippen LogP contribution in [0.2, 0.25) is 0 Å². The van der Waals surface area contributed by atoms with E-state index >= 15 is 0 Å². The number of aryl methyl sites for hydroxylation is 1. The first kappa shape index (κ1) is 23.4. The summed E-state index contributed by atoms with van der Waals surface area (Å²) < 4.78 is 7.16. The van der Waals surface area contributed by atoms with Crippen LogP contribution in [-0.4, -0.2) is 7.11 Å². The average Bonchev–Trinajstić information content (AvgIpc) is 3.19. The third-order valence-corrected chi connectivity index (χ3v) is 5.92. The average molecular weight is 465 g/mol. The molecule has 164 valence electrons. The highest BCUT2D eigenvalue weighted by molar-refractivity contribution is 7.16. The molecule has 0 radical (unpaired) electrons. The highest BCUT2D eigenvalue weighted by atomic mass is 35.5. The highest BCUT2D eigenvalue weighted by Crippen LogP contribution is 2.28. The van der Waals surface area contributed by atoms with E-state index in [1.807, 2.05) is 42.1 Å². The van der Waals surface area contributed by atoms with Gasteiger partial charge in [0.15, 0.2) is 0 Å². The molecule has 0 aliphatic carbocycles. The van der Waals surface area contributed by atoms with Crippen LogP contribution < -0.4 is 26.6 Å². The minimum atomic E-state index is 0. The number of nitrogens with zero attached hydrogens (tertiary/aromatic N) is 4. The molecule has 0 aliphatic heterocycles. The quantitative estimate of drug-likeness (QED) is 0.297. The van der Waals surface area contributed by atoms with Crippen LogP contribution in [0.5, 0.6) is 5.06 Å². The van der Waals surface area contributed by atoms with Gasteiger partial charge in [0, 0.05) is 18.8 Å². The number of ether oxygens (including phenoxy) is 1. The fourth-order valence-electron chi connectivity index (χ4n) is 3.26. The van der Waals surface area contributed by atoms with Gasteiger partial charge in [-0.3, -0.25) is 0 Å². The molecule has 0 aliphatic rings. The Bertz CT molecular complexity index is 1090. The van der Waals surface area contributed by atoms with Crippen LogP contribution in [0.1, 0.15) is 11.1 Å². The van der Waals surface area contributed by atoms with Gasteiger partial charge in [-0.05, 0) is 51.8 Å². The van der Waals surface area contributed by atoms with Crippen LogP contribution in [0.15, 0.2) is 101 Å². The zero-order valence-corrected chi connectivity index (χ0v) is 19.6. The molecule has 4 rings (SSSR count). The number of thiazole rings is 1. The van der Waals surface area contributed by atoms with Crippen molar-refractivity contribution in [1.29, 1.82) is 0 Å². The maximum Gasteiger partial charge on any atom is 0.411 e. The Hall–Kier alpha value is -3.22. The van der Waals surface area contributed by atoms with Crippen molar-refractivity contribution in [2.45, 2.75) is 13.1 Å². The first-order chi connectivity index (χ1) is 15.2. The van der Waals surface area contributed by atoms with Crippen molar-refractivity contribution in [2.24, 2.45) is 17.3 Å². The normalized spacial score (nSPS) is 10.7. The second-order valence-corrected chi connectivity index (χ2v) is 8.16. The molecule has 1 aromatic heterocycles. The Morgan fingerprint density at radius 1 is 0.812 bits per heavy atom. The van der Waals surface area contributed by atoms with Crippen molar-refractivity contribution in [3.8, 4) is 5.06 Å². The number of azo groups is 1. The van der Waals surface area contributed by atoms with Crippen molar-refractivity contribution in [2.75, 3.05) is 12.0 Å². The molecule has 1 heterocycles. The predicted octanol–water partition coefficient (Wildman–Crippen LogP) is 3.21. The molecule has 0 amide bonds. The zero-order valence-electron chi connectivity index (χ0n) is 18.1. The molecule has 32 heavy (non-hydrogen) atoms. The van der Waals surface area contributed by atoms with E-state index in [0.717, 1.165) is 34.7 Å². The molecule has 0 atom stereocenters. The van der Waals surface area contributed by atoms with E-state index in [2.05, 4.69) is 75.8 Å². The molecule has 7 heteroatoms. The molecule has 0 unspecified atom stereocenters. The molecule has 0 fully saturated rings. The zero-order chi connectivity index (χ0) is 21.5. The lowest BCUT2D eigenvalue weighted by atomic mass is 10.1. The third kappa shape index (κ3) is 6.15. The van der Waals surface area contributed by atoms with Crippen molar-refractivity contribution in [1.82, 2.24) is 0 Å². The van der Waals surface area contributed by atoms with Gasteiger partial charge >= 0.3 is 5.13 Å². The van der Waals surface area contributed by atoms with Crippen LogP contribution in [0, 0.1) is 0 Å². The monoisotopic (exact) mass is 464 g/mol. The van der Waals surface area contributed by atoms with Crippen molar-refractivity contribution < 1.29 is 21.7 Å². The number of hydrogen-bond donors (Lipinski definition) is 0. The van der Waals surface area contributed by atoms with Gasteiger partial charge in [-0.15, -0.1) is 0 Å². The van der Waals surface area contributed by atoms with Gasteiger partial charge < -0.3 is 22.0 Å². The molecular formula is C25H25ClN4OS. The molecule has 5 nitrogen and oxygen atoms in total. The van der Waals surface area contributed by atoms with Gasteiger partial charge in [-0.2, -0.15) is 0 Å². The molecule has 0 N–H and O–H groups in total. The van der Waals surface area contributed by atoms with E-state index in [1.165, 1.54) is 22.5 Å². The van der Waals surface area contributed by atoms with Crippen LogP contribution >= 0.6 is 11.3 Å². The summed E-state index contributed by atoms with van der Waals surface area (Å²) in [6.45, 7) is 1.67. The third-order valence-electron chi connectivity index (χ3n) is 4.89. The number of aromatic nitrogens is 1. The fraction of sp³-hybridized carbons (Fsp3) is 0.160. The molecule has 4 aromatic rings. The predicted molar refractivity (Wildman–Crippen MR) is 125 cm³/mol. The fourth-order valence-corrected chi connectivity index (χ4v) is 4.02. The number of benzene rings is 3. The number of anilines is 1. The van der Waals surface area contributed by atoms with Crippen LogP contribution in [0.4, 0.5) is 16.5 Å². The summed E-state index contributed by atoms with van der Waals surface area (Å²) >= 11 is 1.46. The van der Waals surface area contributed by atoms with Gasteiger partial charge in [-0.1, -0.05) is 60.7 Å². The standard InChI is InChI=1S/C25H25N4OS.ClH/c1-28-19-24(30-2)31-25(28)27-26-22-13-15-23(16-14-22)29(17-20-9-5-3-6-10-20)18-21-11-7-4-8-12-21;/h3-16,19H,17-18H2,1-2H3;1H/q+1;/p-1. The topological polar surface area (TPSA) is 41.1 Å². The van der Waals surface area contributed by atoms with Crippen LogP contribution in [0.25, 0.3) is 0 Å². The number of hydrogen-bond acceptors (Lipinski definition) is 5. The van der Waals surface area contributed by atoms with Crippen molar-refractivity contribution >= 4 is 27.8 Å². The van der Waals surface area contributed by atoms with E-state index in [-0.39, 0.29) is 12.4 Å². The van der Waals surface area contributed by atoms with Crippen molar-refractivity contribution in [3.05, 3.63) is 102 Å². The van der Waals surface area contributed by atoms with E-state index in [9.17, 15) is 0 Å². The first-order valence-corrected chi connectivity index (χ1v) is 10.9. The number of rotatable bonds is 8. The molecule has 3 aromatic carbocycles. The minimum absolute atomic E-state index is 0. The van der Waals surface area contributed by atoms with Crippen LogP contribution in [0.3, 0.4) is 0 Å². The summed E-state index contributed by atoms with van der Waals surface area (Å²) in [5, 5.41) is 10.4. The molecule has 0 bridgehead atoms. The Balaban J connectivity index is 0.00000289. The Labute approximate surface area is 199 Å². The Morgan fingerprint density at radius 3 is 1.88 bits per heavy atom. The lowest BCUT2D eigenvalue weighted by Gasteiger charge is -2.25. The lowest BCUT2D eigenvalue weighted by molar-refractivity contribution is -0.654. The number of halogens is 1. The van der Waals surface area contributed by atoms with Gasteiger partial charge in [0.2, 0.25) is 5.06 Å². The van der Waals surface area contributed by atoms with Gasteiger partial charge in [0.25, 0.3) is 0 Å². The maximum absolute atomic E-state index is 5.26. The molecular weight excluding hydrogens is 440 g/mol. The van der Waals surface area contributed by atoms with Gasteiger partial charge in [-0.25, -0.2) is 4.57 Å². The van der Waals surface area contributed by atoms with E-state index in [4.69, 9.17) is 4.74 Å². The summed E-state index contributed by atoms with van der Waals surface area (Å²) in [5.41, 5.74) is 4.52. The lowest BCUT2D eigenvalue weighted by Crippen LogP contribution is -3.00. The summed E-state index contributed by atoms with van der Waals surface area (Å²) in [5.74, 6) is 0. The van der Waals surface area contributed by atoms with E-state index in [0.29, 0.717) is 0 Å². The molecule has 0 spiro atoms. The van der Waals surface area contributed by atoms with Gasteiger partial charge in [0.05, 0.1) is 19.3 Å². The summed E-state index contributed by atoms with van der Waals surface area (Å²) in [6, 6.07) is 29.3. The Morgan fingerprint density at radius 2 is 1.38 bits per heavy atom. The Kier molecular flexibility index (Phi) is 8.36. The molecule has 0 saturated heterocycles. The van der Waals surface area contributed by atoms with E-state index in [1.54, 1.807) is 7.11 Å². The molecule has 0 saturated carbocycles. The number of methoxy groups -OCH3 is 1. The van der Waals surface area contributed by atoms with Gasteiger partial charge in [0.1, 0.15) is 11.9 Å². The minimum Gasteiger partial charge on any atom is -1.00 e. The largest absolute Gasteiger partial charge is 1.00 e. The smallest absolute Gasteiger partial charge is 0.411 e. The van der Waals surface area contributed by atoms with E-state index < -0.39 is 0 Å². The summed E-state index contributed by atoms with van der Waals surface area (Å²) in [4.78, 5) is 2.37. The summed E-state index contributed by atoms with van der Waals surface area (Å²) in [7, 11) is 3.59. The SMILES string of the molecule is COc1c[n+](C)c(N=Nc2ccc(N(Cc3ccccc3)Cc3ccccc3)cc2)s1.[Cl-]. The van der Waals surface area contributed by atoms with Crippen molar-refractivity contribution in [3.63, 3.8) is 0 Å².